The van der Waals surface area contributed by atoms with Gasteiger partial charge in [-0.25, -0.2) is 0 Å². The zero-order valence-corrected chi connectivity index (χ0v) is 29.6. The summed E-state index contributed by atoms with van der Waals surface area (Å²) in [5.74, 6) is 0. The van der Waals surface area contributed by atoms with Gasteiger partial charge in [0.05, 0.1) is 0 Å². The topological polar surface area (TPSA) is 0 Å². The third-order valence-corrected chi connectivity index (χ3v) is 18.4. The molecule has 0 atom stereocenters. The highest BCUT2D eigenvalue weighted by atomic mass is 31.1. The lowest BCUT2D eigenvalue weighted by molar-refractivity contribution is 0.857. The lowest BCUT2D eigenvalue weighted by Gasteiger charge is -2.21. The fourth-order valence-corrected chi connectivity index (χ4v) is 13.8. The highest BCUT2D eigenvalue weighted by molar-refractivity contribution is 7.59. The van der Waals surface area contributed by atoms with Crippen molar-refractivity contribution >= 4 is 31.7 Å². The molecule has 0 saturated carbocycles. The number of hydrogen-bond acceptors (Lipinski definition) is 0. The molecule has 4 heteroatoms. The fraction of sp³-hybridized carbons (Fsp3) is 1.00. The molecule has 0 unspecified atom stereocenters. The van der Waals surface area contributed by atoms with Crippen LogP contribution in [0.15, 0.2) is 0 Å². The van der Waals surface area contributed by atoms with E-state index in [1.807, 2.05) is 0 Å². The predicted molar refractivity (Wildman–Crippen MR) is 182 cm³/mol. The summed E-state index contributed by atoms with van der Waals surface area (Å²) in [6.07, 6.45) is 34.4. The quantitative estimate of drug-likeness (QED) is 0.0761. The van der Waals surface area contributed by atoms with E-state index in [1.165, 1.54) is 88.9 Å². The molecule has 0 radical (unpaired) electrons. The summed E-state index contributed by atoms with van der Waals surface area (Å²) in [5.41, 5.74) is 0. The zero-order chi connectivity index (χ0) is 26.6. The van der Waals surface area contributed by atoms with Gasteiger partial charge in [-0.2, -0.15) is 0 Å². The van der Waals surface area contributed by atoms with Crippen LogP contribution < -0.4 is 0 Å². The largest absolute Gasteiger partial charge is 0.107 e. The fourth-order valence-electron chi connectivity index (χ4n) is 4.47. The standard InChI is InChI=1S/C19H42P2.C12H28P2/c1-5-9-14-20(15-10-6-2)18-13-19-21(16-11-7-3)17-12-8-4;1-5-13(6-2)11-9-10-12-14(7-3)8-4/h5-19H2,1-4H3;5-12H2,1-4H3. The molecule has 0 saturated heterocycles. The third-order valence-electron chi connectivity index (χ3n) is 7.25. The molecule has 35 heavy (non-hydrogen) atoms. The Morgan fingerprint density at radius 3 is 0.714 bits per heavy atom. The minimum absolute atomic E-state index is 0.381. The van der Waals surface area contributed by atoms with E-state index in [0.29, 0.717) is 31.7 Å². The number of rotatable bonds is 25. The van der Waals surface area contributed by atoms with E-state index in [-0.39, 0.29) is 0 Å². The van der Waals surface area contributed by atoms with Crippen LogP contribution in [0.2, 0.25) is 0 Å². The molecule has 0 rings (SSSR count). The van der Waals surface area contributed by atoms with Crippen LogP contribution in [0.4, 0.5) is 0 Å². The molecular formula is C31H70P4. The van der Waals surface area contributed by atoms with E-state index in [2.05, 4.69) is 55.4 Å². The van der Waals surface area contributed by atoms with Gasteiger partial charge in [0.15, 0.2) is 0 Å². The van der Waals surface area contributed by atoms with Crippen LogP contribution in [-0.2, 0) is 0 Å². The molecule has 0 aromatic carbocycles. The predicted octanol–water partition coefficient (Wildman–Crippen LogP) is 12.4. The minimum atomic E-state index is 0.381. The first kappa shape index (κ1) is 38.9. The van der Waals surface area contributed by atoms with E-state index in [1.54, 1.807) is 55.7 Å². The molecule has 0 aliphatic rings. The Morgan fingerprint density at radius 1 is 0.257 bits per heavy atom. The van der Waals surface area contributed by atoms with Gasteiger partial charge in [0.2, 0.25) is 0 Å². The molecule has 0 amide bonds. The molecule has 0 bridgehead atoms. The van der Waals surface area contributed by atoms with Crippen molar-refractivity contribution in [2.24, 2.45) is 0 Å². The summed E-state index contributed by atoms with van der Waals surface area (Å²) in [5, 5.41) is 0. The van der Waals surface area contributed by atoms with Crippen molar-refractivity contribution in [3.05, 3.63) is 0 Å². The van der Waals surface area contributed by atoms with Crippen molar-refractivity contribution in [2.45, 2.75) is 126 Å². The first-order valence-electron chi connectivity index (χ1n) is 16.0. The van der Waals surface area contributed by atoms with Gasteiger partial charge in [0, 0.05) is 0 Å². The highest BCUT2D eigenvalue weighted by Crippen LogP contribution is 2.43. The molecule has 0 aromatic heterocycles. The first-order valence-corrected chi connectivity index (χ1v) is 23.5. The molecule has 0 spiro atoms. The maximum absolute atomic E-state index is 2.36. The van der Waals surface area contributed by atoms with E-state index < -0.39 is 0 Å². The van der Waals surface area contributed by atoms with Gasteiger partial charge in [0.25, 0.3) is 0 Å². The Labute approximate surface area is 231 Å². The second-order valence-corrected chi connectivity index (χ2v) is 21.7. The molecule has 0 aromatic rings. The van der Waals surface area contributed by atoms with Crippen LogP contribution in [0, 0.1) is 0 Å². The van der Waals surface area contributed by atoms with E-state index in [4.69, 9.17) is 0 Å². The van der Waals surface area contributed by atoms with E-state index >= 15 is 0 Å². The van der Waals surface area contributed by atoms with E-state index in [0.717, 1.165) is 0 Å². The smallest absolute Gasteiger partial charge is 0.0323 e. The normalized spacial score (nSPS) is 11.7. The van der Waals surface area contributed by atoms with Crippen molar-refractivity contribution in [2.75, 3.05) is 73.9 Å². The van der Waals surface area contributed by atoms with Gasteiger partial charge in [-0.3, -0.25) is 0 Å². The van der Waals surface area contributed by atoms with Crippen molar-refractivity contribution < 1.29 is 0 Å². The van der Waals surface area contributed by atoms with Crippen molar-refractivity contribution in [3.8, 4) is 0 Å². The Bertz CT molecular complexity index is 319. The van der Waals surface area contributed by atoms with Crippen molar-refractivity contribution in [1.29, 1.82) is 0 Å². The molecule has 0 aliphatic heterocycles. The van der Waals surface area contributed by atoms with Crippen LogP contribution in [0.3, 0.4) is 0 Å². The Balaban J connectivity index is 0. The Kier molecular flexibility index (Phi) is 35.5. The maximum atomic E-state index is 2.36. The minimum Gasteiger partial charge on any atom is -0.107 e. The SMILES string of the molecule is CCCCP(CCCC)CCCP(CCCC)CCCC.CCP(CC)CCCCP(CC)CC. The van der Waals surface area contributed by atoms with Gasteiger partial charge >= 0.3 is 0 Å². The third kappa shape index (κ3) is 27.1. The molecule has 0 nitrogen and oxygen atoms in total. The summed E-state index contributed by atoms with van der Waals surface area (Å²) < 4.78 is 0. The first-order chi connectivity index (χ1) is 17.1. The summed E-state index contributed by atoms with van der Waals surface area (Å²) >= 11 is 0. The zero-order valence-electron chi connectivity index (χ0n) is 26.1. The van der Waals surface area contributed by atoms with E-state index in [9.17, 15) is 0 Å². The van der Waals surface area contributed by atoms with Gasteiger partial charge in [0.1, 0.15) is 0 Å². The molecule has 0 fully saturated rings. The molecule has 0 N–H and O–H groups in total. The van der Waals surface area contributed by atoms with Crippen molar-refractivity contribution in [1.82, 2.24) is 0 Å². The average Bonchev–Trinajstić information content (AvgIpc) is 2.89. The molecule has 0 heterocycles. The van der Waals surface area contributed by atoms with Crippen LogP contribution in [0.1, 0.15) is 126 Å². The maximum Gasteiger partial charge on any atom is -0.0323 e. The summed E-state index contributed by atoms with van der Waals surface area (Å²) in [6.45, 7) is 18.8. The molecular weight excluding hydrogens is 496 g/mol. The van der Waals surface area contributed by atoms with Gasteiger partial charge in [-0.05, 0) is 119 Å². The van der Waals surface area contributed by atoms with Gasteiger partial charge < -0.3 is 0 Å². The molecule has 0 aliphatic carbocycles. The molecule has 214 valence electrons. The summed E-state index contributed by atoms with van der Waals surface area (Å²) in [4.78, 5) is 0. The number of hydrogen-bond donors (Lipinski definition) is 0. The second kappa shape index (κ2) is 31.9. The van der Waals surface area contributed by atoms with Crippen LogP contribution >= 0.6 is 31.7 Å². The van der Waals surface area contributed by atoms with Crippen molar-refractivity contribution in [3.63, 3.8) is 0 Å². The summed E-state index contributed by atoms with van der Waals surface area (Å²) in [7, 11) is 1.59. The lowest BCUT2D eigenvalue weighted by atomic mass is 10.4. The highest BCUT2D eigenvalue weighted by Gasteiger charge is 2.11. The number of unbranched alkanes of at least 4 members (excludes halogenated alkanes) is 5. The van der Waals surface area contributed by atoms with Crippen LogP contribution in [-0.4, -0.2) is 73.9 Å². The van der Waals surface area contributed by atoms with Gasteiger partial charge in [-0.15, -0.1) is 31.7 Å². The second-order valence-electron chi connectivity index (χ2n) is 10.2. The average molecular weight is 567 g/mol. The Hall–Kier alpha value is 1.72. The van der Waals surface area contributed by atoms with Crippen LogP contribution in [0.5, 0.6) is 0 Å². The Morgan fingerprint density at radius 2 is 0.486 bits per heavy atom. The summed E-state index contributed by atoms with van der Waals surface area (Å²) in [6, 6.07) is 0. The monoisotopic (exact) mass is 566 g/mol. The lowest BCUT2D eigenvalue weighted by Crippen LogP contribution is -2.01. The van der Waals surface area contributed by atoms with Crippen LogP contribution in [0.25, 0.3) is 0 Å². The van der Waals surface area contributed by atoms with Gasteiger partial charge in [-0.1, -0.05) is 81.1 Å².